The molecule has 1 aliphatic rings. The summed E-state index contributed by atoms with van der Waals surface area (Å²) in [5, 5.41) is 7.47. The number of H-pyrrole nitrogens is 1. The second-order valence-corrected chi connectivity index (χ2v) is 5.38. The van der Waals surface area contributed by atoms with Crippen LogP contribution in [0.2, 0.25) is 0 Å². The number of rotatable bonds is 2. The predicted octanol–water partition coefficient (Wildman–Crippen LogP) is 2.45. The van der Waals surface area contributed by atoms with Gasteiger partial charge in [-0.05, 0) is 37.5 Å². The number of aromatic amines is 1. The molecule has 2 heterocycles. The molecule has 4 nitrogen and oxygen atoms in total. The lowest BCUT2D eigenvalue weighted by Crippen LogP contribution is -2.40. The largest absolute Gasteiger partial charge is 0.355 e. The number of nitrogens with one attached hydrogen (secondary N) is 1. The van der Waals surface area contributed by atoms with Gasteiger partial charge in [-0.15, -0.1) is 0 Å². The summed E-state index contributed by atoms with van der Waals surface area (Å²) in [6.07, 6.45) is 1.96. The van der Waals surface area contributed by atoms with E-state index in [4.69, 9.17) is 5.73 Å². The zero-order chi connectivity index (χ0) is 14.1. The Bertz CT molecular complexity index is 582. The van der Waals surface area contributed by atoms with Gasteiger partial charge >= 0.3 is 0 Å². The van der Waals surface area contributed by atoms with Gasteiger partial charge in [-0.1, -0.05) is 12.1 Å². The van der Waals surface area contributed by atoms with Gasteiger partial charge in [0.05, 0.1) is 0 Å². The summed E-state index contributed by atoms with van der Waals surface area (Å²) in [5.41, 5.74) is 9.00. The molecule has 0 unspecified atom stereocenters. The van der Waals surface area contributed by atoms with Gasteiger partial charge in [-0.2, -0.15) is 5.10 Å². The Morgan fingerprint density at radius 3 is 2.55 bits per heavy atom. The highest BCUT2D eigenvalue weighted by molar-refractivity contribution is 5.78. The Hall–Kier alpha value is -1.88. The quantitative estimate of drug-likeness (QED) is 0.884. The summed E-state index contributed by atoms with van der Waals surface area (Å²) >= 11 is 0. The van der Waals surface area contributed by atoms with E-state index in [2.05, 4.69) is 15.1 Å². The molecule has 1 saturated heterocycles. The fourth-order valence-corrected chi connectivity index (χ4v) is 2.72. The summed E-state index contributed by atoms with van der Waals surface area (Å²) in [6.45, 7) is 3.82. The molecule has 3 N–H and O–H groups in total. The van der Waals surface area contributed by atoms with Crippen molar-refractivity contribution in [3.63, 3.8) is 0 Å². The van der Waals surface area contributed by atoms with Crippen LogP contribution in [0.4, 0.5) is 10.2 Å². The molecule has 0 atom stereocenters. The minimum absolute atomic E-state index is 0.222. The van der Waals surface area contributed by atoms with Gasteiger partial charge in [0.15, 0.2) is 5.82 Å². The minimum Gasteiger partial charge on any atom is -0.355 e. The molecule has 106 valence electrons. The number of nitrogens with zero attached hydrogens (tertiary/aromatic N) is 2. The van der Waals surface area contributed by atoms with Crippen LogP contribution in [0.5, 0.6) is 0 Å². The zero-order valence-corrected chi connectivity index (χ0v) is 11.6. The highest BCUT2D eigenvalue weighted by atomic mass is 19.1. The number of anilines is 1. The molecule has 1 aliphatic heterocycles. The Morgan fingerprint density at radius 2 is 1.90 bits per heavy atom. The number of hydrogen-bond acceptors (Lipinski definition) is 3. The number of nitrogens with two attached hydrogens (primary N) is 1. The van der Waals surface area contributed by atoms with Crippen LogP contribution in [0.15, 0.2) is 24.3 Å². The highest BCUT2D eigenvalue weighted by Crippen LogP contribution is 2.33. The Kier molecular flexibility index (Phi) is 3.44. The molecule has 1 aromatic heterocycles. The van der Waals surface area contributed by atoms with Crippen LogP contribution in [0.25, 0.3) is 11.1 Å². The van der Waals surface area contributed by atoms with Crippen LogP contribution in [-0.4, -0.2) is 29.3 Å². The first kappa shape index (κ1) is 13.1. The average Bonchev–Trinajstić information content (AvgIpc) is 2.83. The lowest BCUT2D eigenvalue weighted by Gasteiger charge is -2.31. The second-order valence-electron chi connectivity index (χ2n) is 5.38. The summed E-state index contributed by atoms with van der Waals surface area (Å²) in [5.74, 6) is 0.724. The smallest absolute Gasteiger partial charge is 0.158 e. The number of benzene rings is 1. The lowest BCUT2D eigenvalue weighted by molar-refractivity contribution is 0.498. The fraction of sp³-hybridized carbons (Fsp3) is 0.400. The number of hydrogen-bond donors (Lipinski definition) is 2. The molecule has 1 aromatic carbocycles. The van der Waals surface area contributed by atoms with E-state index in [-0.39, 0.29) is 5.82 Å². The lowest BCUT2D eigenvalue weighted by atomic mass is 10.0. The standard InChI is InChI=1S/C15H19FN4/c1-10-14(11-2-4-12(16)5-3-11)15(19-18-10)20-8-6-13(17)7-9-20/h2-5,13H,6-9,17H2,1H3,(H,18,19). The Balaban J connectivity index is 1.95. The maximum atomic E-state index is 13.1. The molecule has 0 amide bonds. The van der Waals surface area contributed by atoms with E-state index in [9.17, 15) is 4.39 Å². The van der Waals surface area contributed by atoms with E-state index in [1.54, 1.807) is 12.1 Å². The van der Waals surface area contributed by atoms with Crippen LogP contribution in [0.1, 0.15) is 18.5 Å². The third-order valence-corrected chi connectivity index (χ3v) is 3.90. The van der Waals surface area contributed by atoms with E-state index in [1.807, 2.05) is 6.92 Å². The van der Waals surface area contributed by atoms with Crippen molar-refractivity contribution in [2.75, 3.05) is 18.0 Å². The molecule has 3 rings (SSSR count). The van der Waals surface area contributed by atoms with Gasteiger partial charge in [0, 0.05) is 30.4 Å². The van der Waals surface area contributed by atoms with Crippen LogP contribution in [0, 0.1) is 12.7 Å². The van der Waals surface area contributed by atoms with Crippen LogP contribution in [0.3, 0.4) is 0 Å². The Morgan fingerprint density at radius 1 is 1.25 bits per heavy atom. The normalized spacial score (nSPS) is 16.6. The predicted molar refractivity (Wildman–Crippen MR) is 78.1 cm³/mol. The molecule has 1 fully saturated rings. The number of halogens is 1. The molecule has 0 bridgehead atoms. The molecule has 2 aromatic rings. The van der Waals surface area contributed by atoms with Crippen molar-refractivity contribution in [2.45, 2.75) is 25.8 Å². The zero-order valence-electron chi connectivity index (χ0n) is 11.6. The first-order valence-corrected chi connectivity index (χ1v) is 6.96. The third kappa shape index (κ3) is 2.41. The maximum Gasteiger partial charge on any atom is 0.158 e. The first-order valence-electron chi connectivity index (χ1n) is 6.96. The van der Waals surface area contributed by atoms with Gasteiger partial charge in [0.2, 0.25) is 0 Å². The molecular weight excluding hydrogens is 255 g/mol. The number of aromatic nitrogens is 2. The van der Waals surface area contributed by atoms with Crippen molar-refractivity contribution in [3.8, 4) is 11.1 Å². The third-order valence-electron chi connectivity index (χ3n) is 3.90. The van der Waals surface area contributed by atoms with Crippen molar-refractivity contribution in [1.82, 2.24) is 10.2 Å². The number of aryl methyl sites for hydroxylation is 1. The summed E-state index contributed by atoms with van der Waals surface area (Å²) in [6, 6.07) is 6.86. The summed E-state index contributed by atoms with van der Waals surface area (Å²) < 4.78 is 13.1. The first-order chi connectivity index (χ1) is 9.65. The van der Waals surface area contributed by atoms with Gasteiger partial charge in [0.25, 0.3) is 0 Å². The van der Waals surface area contributed by atoms with Crippen molar-refractivity contribution in [3.05, 3.63) is 35.8 Å². The minimum atomic E-state index is -0.222. The van der Waals surface area contributed by atoms with Gasteiger partial charge in [0.1, 0.15) is 5.82 Å². The molecule has 0 aliphatic carbocycles. The summed E-state index contributed by atoms with van der Waals surface area (Å²) in [4.78, 5) is 2.26. The van der Waals surface area contributed by atoms with Gasteiger partial charge in [-0.25, -0.2) is 4.39 Å². The monoisotopic (exact) mass is 274 g/mol. The van der Waals surface area contributed by atoms with E-state index in [0.717, 1.165) is 48.6 Å². The average molecular weight is 274 g/mol. The highest BCUT2D eigenvalue weighted by Gasteiger charge is 2.22. The van der Waals surface area contributed by atoms with Crippen molar-refractivity contribution in [2.24, 2.45) is 5.73 Å². The molecular formula is C15H19FN4. The van der Waals surface area contributed by atoms with Gasteiger partial charge in [-0.3, -0.25) is 5.10 Å². The van der Waals surface area contributed by atoms with Crippen molar-refractivity contribution >= 4 is 5.82 Å². The second kappa shape index (κ2) is 5.25. The summed E-state index contributed by atoms with van der Waals surface area (Å²) in [7, 11) is 0. The Labute approximate surface area is 117 Å². The van der Waals surface area contributed by atoms with Crippen molar-refractivity contribution < 1.29 is 4.39 Å². The maximum absolute atomic E-state index is 13.1. The molecule has 0 spiro atoms. The molecule has 20 heavy (non-hydrogen) atoms. The van der Waals surface area contributed by atoms with E-state index >= 15 is 0 Å². The van der Waals surface area contributed by atoms with E-state index in [0.29, 0.717) is 6.04 Å². The topological polar surface area (TPSA) is 57.9 Å². The SMILES string of the molecule is Cc1[nH]nc(N2CCC(N)CC2)c1-c1ccc(F)cc1. The fourth-order valence-electron chi connectivity index (χ4n) is 2.72. The molecule has 5 heteroatoms. The van der Waals surface area contributed by atoms with E-state index < -0.39 is 0 Å². The molecule has 0 saturated carbocycles. The van der Waals surface area contributed by atoms with Crippen molar-refractivity contribution in [1.29, 1.82) is 0 Å². The van der Waals surface area contributed by atoms with E-state index in [1.165, 1.54) is 12.1 Å². The van der Waals surface area contributed by atoms with Gasteiger partial charge < -0.3 is 10.6 Å². The van der Waals surface area contributed by atoms with Crippen LogP contribution in [-0.2, 0) is 0 Å². The van der Waals surface area contributed by atoms with Crippen LogP contribution < -0.4 is 10.6 Å². The number of piperidine rings is 1. The van der Waals surface area contributed by atoms with Crippen LogP contribution >= 0.6 is 0 Å². The molecule has 0 radical (unpaired) electrons.